The second kappa shape index (κ2) is 8.88. The van der Waals surface area contributed by atoms with E-state index in [1.165, 1.54) is 25.3 Å². The van der Waals surface area contributed by atoms with E-state index >= 15 is 0 Å². The van der Waals surface area contributed by atoms with E-state index in [0.29, 0.717) is 17.1 Å². The number of rotatable bonds is 6. The highest BCUT2D eigenvalue weighted by atomic mass is 19.3. The number of fused-ring (bicyclic) bond motifs is 1. The van der Waals surface area contributed by atoms with Crippen LogP contribution in [0.1, 0.15) is 67.3 Å². The van der Waals surface area contributed by atoms with E-state index in [0.717, 1.165) is 38.3 Å². The highest BCUT2D eigenvalue weighted by Crippen LogP contribution is 2.36. The Morgan fingerprint density at radius 2 is 1.88 bits per heavy atom. The number of amides is 1. The molecule has 3 heterocycles. The maximum Gasteiger partial charge on any atom is 0.287 e. The molecule has 1 saturated carbocycles. The maximum absolute atomic E-state index is 13.6. The average Bonchev–Trinajstić information content (AvgIpc) is 3.21. The van der Waals surface area contributed by atoms with E-state index in [1.807, 2.05) is 6.20 Å². The molecule has 1 N–H and O–H groups in total. The summed E-state index contributed by atoms with van der Waals surface area (Å²) in [6.45, 7) is 2.38. The number of imidazole rings is 1. The second-order valence-electron chi connectivity index (χ2n) is 8.60. The molecule has 0 radical (unpaired) electrons. The Morgan fingerprint density at radius 1 is 1.15 bits per heavy atom. The molecule has 1 fully saturated rings. The Morgan fingerprint density at radius 3 is 2.52 bits per heavy atom. The molecule has 33 heavy (non-hydrogen) atoms. The molecule has 7 nitrogen and oxygen atoms in total. The molecule has 9 heteroatoms. The molecule has 174 valence electrons. The van der Waals surface area contributed by atoms with Gasteiger partial charge in [0.15, 0.2) is 0 Å². The first-order chi connectivity index (χ1) is 15.7. The molecule has 0 bridgehead atoms. The Labute approximate surface area is 190 Å². The van der Waals surface area contributed by atoms with Crippen LogP contribution in [0.4, 0.5) is 14.5 Å². The van der Waals surface area contributed by atoms with Crippen molar-refractivity contribution in [3.63, 3.8) is 0 Å². The maximum atomic E-state index is 13.6. The van der Waals surface area contributed by atoms with Gasteiger partial charge < -0.3 is 14.5 Å². The van der Waals surface area contributed by atoms with Gasteiger partial charge in [-0.05, 0) is 44.7 Å². The standard InChI is InChI=1S/C24H26F2N4O3/c1-14(31)15-7-9-16(10-8-15)18-12-30-13-19(20(33-3)11-22(30)28-18)29-23(32)17-5-4-6-21(27-17)24(2,25)26/h4-6,11-13,15-16H,7-10H2,1-3H3,(H,29,32). The topological polar surface area (TPSA) is 85.6 Å². The zero-order valence-corrected chi connectivity index (χ0v) is 18.8. The second-order valence-corrected chi connectivity index (χ2v) is 8.60. The van der Waals surface area contributed by atoms with Gasteiger partial charge in [0.25, 0.3) is 11.8 Å². The number of pyridine rings is 2. The predicted octanol–water partition coefficient (Wildman–Crippen LogP) is 4.96. The third kappa shape index (κ3) is 4.86. The van der Waals surface area contributed by atoms with Gasteiger partial charge in [-0.25, -0.2) is 9.97 Å². The largest absolute Gasteiger partial charge is 0.494 e. The minimum Gasteiger partial charge on any atom is -0.494 e. The molecular weight excluding hydrogens is 430 g/mol. The van der Waals surface area contributed by atoms with Gasteiger partial charge in [-0.2, -0.15) is 8.78 Å². The quantitative estimate of drug-likeness (QED) is 0.566. The molecule has 0 spiro atoms. The number of hydrogen-bond acceptors (Lipinski definition) is 5. The highest BCUT2D eigenvalue weighted by Gasteiger charge is 2.28. The predicted molar refractivity (Wildman–Crippen MR) is 119 cm³/mol. The van der Waals surface area contributed by atoms with Crippen LogP contribution in [0, 0.1) is 5.92 Å². The van der Waals surface area contributed by atoms with Crippen LogP contribution in [0.25, 0.3) is 5.65 Å². The van der Waals surface area contributed by atoms with Crippen molar-refractivity contribution < 1.29 is 23.1 Å². The summed E-state index contributed by atoms with van der Waals surface area (Å²) in [5.74, 6) is -2.72. The van der Waals surface area contributed by atoms with Gasteiger partial charge in [-0.3, -0.25) is 9.59 Å². The number of ketones is 1. The summed E-state index contributed by atoms with van der Waals surface area (Å²) in [7, 11) is 1.48. The normalized spacial score (nSPS) is 18.8. The van der Waals surface area contributed by atoms with Crippen molar-refractivity contribution in [1.82, 2.24) is 14.4 Å². The summed E-state index contributed by atoms with van der Waals surface area (Å²) in [5, 5.41) is 2.70. The lowest BCUT2D eigenvalue weighted by Gasteiger charge is -2.25. The van der Waals surface area contributed by atoms with Crippen molar-refractivity contribution >= 4 is 23.0 Å². The Bertz CT molecular complexity index is 1190. The first-order valence-electron chi connectivity index (χ1n) is 10.9. The zero-order chi connectivity index (χ0) is 23.8. The number of aromatic nitrogens is 3. The minimum atomic E-state index is -3.15. The summed E-state index contributed by atoms with van der Waals surface area (Å²) < 4.78 is 34.4. The smallest absolute Gasteiger partial charge is 0.287 e. The minimum absolute atomic E-state index is 0.121. The van der Waals surface area contributed by atoms with Gasteiger partial charge in [0.2, 0.25) is 0 Å². The number of nitrogens with one attached hydrogen (secondary N) is 1. The fourth-order valence-electron chi connectivity index (χ4n) is 4.28. The van der Waals surface area contributed by atoms with Crippen LogP contribution < -0.4 is 10.1 Å². The van der Waals surface area contributed by atoms with Crippen LogP contribution in [0.3, 0.4) is 0 Å². The third-order valence-corrected chi connectivity index (χ3v) is 6.19. The van der Waals surface area contributed by atoms with Gasteiger partial charge in [-0.1, -0.05) is 6.07 Å². The van der Waals surface area contributed by atoms with E-state index in [9.17, 15) is 18.4 Å². The number of carbonyl (C=O) groups is 2. The van der Waals surface area contributed by atoms with Crippen LogP contribution in [-0.2, 0) is 10.7 Å². The van der Waals surface area contributed by atoms with E-state index in [-0.39, 0.29) is 23.3 Å². The summed E-state index contributed by atoms with van der Waals surface area (Å²) in [6, 6.07) is 5.64. The van der Waals surface area contributed by atoms with Gasteiger partial charge in [0.1, 0.15) is 34.3 Å². The lowest BCUT2D eigenvalue weighted by atomic mass is 9.79. The van der Waals surface area contributed by atoms with Crippen LogP contribution >= 0.6 is 0 Å². The van der Waals surface area contributed by atoms with Crippen molar-refractivity contribution in [2.45, 2.75) is 51.4 Å². The summed E-state index contributed by atoms with van der Waals surface area (Å²) >= 11 is 0. The fourth-order valence-corrected chi connectivity index (χ4v) is 4.28. The number of hydrogen-bond donors (Lipinski definition) is 1. The molecule has 1 aliphatic rings. The number of nitrogens with zero attached hydrogens (tertiary/aromatic N) is 3. The van der Waals surface area contributed by atoms with Crippen molar-refractivity contribution in [3.8, 4) is 5.75 Å². The first-order valence-corrected chi connectivity index (χ1v) is 10.9. The zero-order valence-electron chi connectivity index (χ0n) is 18.8. The van der Waals surface area contributed by atoms with Crippen LogP contribution in [0.2, 0.25) is 0 Å². The van der Waals surface area contributed by atoms with Gasteiger partial charge in [0, 0.05) is 37.2 Å². The molecule has 0 atom stereocenters. The molecule has 1 amide bonds. The van der Waals surface area contributed by atoms with Crippen LogP contribution in [-0.4, -0.2) is 33.2 Å². The molecule has 0 aromatic carbocycles. The molecule has 3 aromatic heterocycles. The highest BCUT2D eigenvalue weighted by molar-refractivity contribution is 6.03. The van der Waals surface area contributed by atoms with Crippen molar-refractivity contribution in [2.75, 3.05) is 12.4 Å². The van der Waals surface area contributed by atoms with Crippen molar-refractivity contribution in [3.05, 3.63) is 53.7 Å². The fraction of sp³-hybridized carbons (Fsp3) is 0.417. The van der Waals surface area contributed by atoms with Gasteiger partial charge in [-0.15, -0.1) is 0 Å². The number of anilines is 1. The molecule has 3 aromatic rings. The lowest BCUT2D eigenvalue weighted by molar-refractivity contribution is -0.121. The van der Waals surface area contributed by atoms with Crippen LogP contribution in [0.15, 0.2) is 36.7 Å². The Hall–Kier alpha value is -3.36. The summed E-state index contributed by atoms with van der Waals surface area (Å²) in [4.78, 5) is 32.9. The first kappa shape index (κ1) is 22.8. The summed E-state index contributed by atoms with van der Waals surface area (Å²) in [5.41, 5.74) is 1.37. The molecule has 1 aliphatic carbocycles. The number of carbonyl (C=O) groups excluding carboxylic acids is 2. The van der Waals surface area contributed by atoms with Crippen molar-refractivity contribution in [2.24, 2.45) is 5.92 Å². The molecule has 0 saturated heterocycles. The average molecular weight is 456 g/mol. The Kier molecular flexibility index (Phi) is 6.14. The number of methoxy groups -OCH3 is 1. The molecule has 0 aliphatic heterocycles. The number of halogens is 2. The molecular formula is C24H26F2N4O3. The molecule has 4 rings (SSSR count). The van der Waals surface area contributed by atoms with E-state index in [4.69, 9.17) is 9.72 Å². The number of Topliss-reactive ketones (excluding diaryl/α,β-unsaturated/α-hetero) is 1. The SMILES string of the molecule is COc1cc2nc(C3CCC(C(C)=O)CC3)cn2cc1NC(=O)c1cccc(C(C)(F)F)n1. The van der Waals surface area contributed by atoms with Gasteiger partial charge in [0.05, 0.1) is 12.8 Å². The lowest BCUT2D eigenvalue weighted by Crippen LogP contribution is -2.19. The number of ether oxygens (including phenoxy) is 1. The Balaban J connectivity index is 1.57. The van der Waals surface area contributed by atoms with Gasteiger partial charge >= 0.3 is 0 Å². The summed E-state index contributed by atoms with van der Waals surface area (Å²) in [6.07, 6.45) is 7.13. The van der Waals surface area contributed by atoms with Crippen LogP contribution in [0.5, 0.6) is 5.75 Å². The van der Waals surface area contributed by atoms with E-state index in [2.05, 4.69) is 10.3 Å². The molecule has 0 unspecified atom stereocenters. The van der Waals surface area contributed by atoms with E-state index < -0.39 is 17.5 Å². The number of alkyl halides is 2. The monoisotopic (exact) mass is 456 g/mol. The van der Waals surface area contributed by atoms with E-state index in [1.54, 1.807) is 23.6 Å². The van der Waals surface area contributed by atoms with Crippen molar-refractivity contribution in [1.29, 1.82) is 0 Å². The third-order valence-electron chi connectivity index (χ3n) is 6.19.